The monoisotopic (exact) mass is 356 g/mol. The maximum atomic E-state index is 13.4. The van der Waals surface area contributed by atoms with Gasteiger partial charge in [-0.05, 0) is 41.3 Å². The van der Waals surface area contributed by atoms with Crippen LogP contribution in [-0.2, 0) is 0 Å². The van der Waals surface area contributed by atoms with Crippen molar-refractivity contribution in [1.82, 2.24) is 0 Å². The number of halogens is 1. The van der Waals surface area contributed by atoms with Crippen LogP contribution in [0.4, 0.5) is 4.39 Å². The average molecular weight is 356 g/mol. The van der Waals surface area contributed by atoms with E-state index in [1.165, 1.54) is 12.1 Å². The third kappa shape index (κ3) is 5.85. The molecule has 0 fully saturated rings. The van der Waals surface area contributed by atoms with Crippen molar-refractivity contribution in [3.63, 3.8) is 0 Å². The molecule has 0 bridgehead atoms. The Bertz CT molecular complexity index is 764. The van der Waals surface area contributed by atoms with Crippen LogP contribution in [0.5, 0.6) is 5.75 Å². The number of aliphatic hydroxyl groups excluding tert-OH is 2. The Labute approximate surface area is 153 Å². The van der Waals surface area contributed by atoms with Gasteiger partial charge in [-0.15, -0.1) is 5.73 Å². The molecule has 0 aliphatic heterocycles. The fourth-order valence-electron chi connectivity index (χ4n) is 2.74. The molecular weight excluding hydrogens is 331 g/mol. The minimum absolute atomic E-state index is 0.277. The molecule has 0 spiro atoms. The Morgan fingerprint density at radius 3 is 2.46 bits per heavy atom. The van der Waals surface area contributed by atoms with Crippen molar-refractivity contribution >= 4 is 0 Å². The van der Waals surface area contributed by atoms with Gasteiger partial charge in [0.05, 0.1) is 12.2 Å². The molecule has 3 N–H and O–H groups in total. The van der Waals surface area contributed by atoms with Gasteiger partial charge in [-0.2, -0.15) is 0 Å². The normalized spacial score (nSPS) is 12.9. The third-order valence-electron chi connectivity index (χ3n) is 4.18. The van der Waals surface area contributed by atoms with E-state index in [2.05, 4.69) is 12.7 Å². The van der Waals surface area contributed by atoms with Crippen LogP contribution in [0, 0.1) is 5.82 Å². The molecule has 0 amide bonds. The van der Waals surface area contributed by atoms with E-state index < -0.39 is 23.8 Å². The lowest BCUT2D eigenvalue weighted by molar-refractivity contribution is 0.177. The molecule has 2 aromatic carbocycles. The summed E-state index contributed by atoms with van der Waals surface area (Å²) in [5.41, 5.74) is 5.42. The third-order valence-corrected chi connectivity index (χ3v) is 4.18. The summed E-state index contributed by atoms with van der Waals surface area (Å²) in [6.45, 7) is 2.06. The smallest absolute Gasteiger partial charge is 0.165 e. The summed E-state index contributed by atoms with van der Waals surface area (Å²) in [6, 6.07) is 13.3. The minimum atomic E-state index is -0.875. The highest BCUT2D eigenvalue weighted by Crippen LogP contribution is 2.25. The van der Waals surface area contributed by atoms with E-state index in [1.54, 1.807) is 6.08 Å². The first-order valence-corrected chi connectivity index (χ1v) is 8.83. The first-order chi connectivity index (χ1) is 12.5. The molecule has 0 heterocycles. The van der Waals surface area contributed by atoms with Crippen molar-refractivity contribution in [3.8, 4) is 5.75 Å². The summed E-state index contributed by atoms with van der Waals surface area (Å²) in [5, 5.41) is 29.7. The van der Waals surface area contributed by atoms with Crippen LogP contribution in [0.25, 0.3) is 0 Å². The summed E-state index contributed by atoms with van der Waals surface area (Å²) in [4.78, 5) is 0. The largest absolute Gasteiger partial charge is 0.505 e. The summed E-state index contributed by atoms with van der Waals surface area (Å²) < 4.78 is 13.4. The summed E-state index contributed by atoms with van der Waals surface area (Å²) in [6.07, 6.45) is 2.76. The number of phenolic OH excluding ortho intramolecular Hbond substituents is 1. The lowest BCUT2D eigenvalue weighted by atomic mass is 9.99. The molecule has 4 heteroatoms. The average Bonchev–Trinajstić information content (AvgIpc) is 2.64. The SMILES string of the molecule is CCCC(=C=CC[C@@H](O)c1ccc(O)c(F)c1)C[C@@H](O)c1ccccc1. The topological polar surface area (TPSA) is 60.7 Å². The number of hydrogen-bond acceptors (Lipinski definition) is 3. The fourth-order valence-corrected chi connectivity index (χ4v) is 2.74. The molecule has 3 nitrogen and oxygen atoms in total. The van der Waals surface area contributed by atoms with E-state index in [9.17, 15) is 19.7 Å². The van der Waals surface area contributed by atoms with Crippen LogP contribution < -0.4 is 0 Å². The predicted octanol–water partition coefficient (Wildman–Crippen LogP) is 4.96. The first kappa shape index (κ1) is 19.9. The molecule has 0 radical (unpaired) electrons. The Morgan fingerprint density at radius 2 is 1.81 bits per heavy atom. The molecule has 2 rings (SSSR count). The minimum Gasteiger partial charge on any atom is -0.505 e. The lowest BCUT2D eigenvalue weighted by Crippen LogP contribution is -1.99. The molecule has 2 aromatic rings. The molecule has 2 atom stereocenters. The van der Waals surface area contributed by atoms with Crippen LogP contribution in [0.2, 0.25) is 0 Å². The zero-order chi connectivity index (χ0) is 18.9. The highest BCUT2D eigenvalue weighted by Gasteiger charge is 2.11. The predicted molar refractivity (Wildman–Crippen MR) is 100 cm³/mol. The van der Waals surface area contributed by atoms with Crippen LogP contribution in [-0.4, -0.2) is 15.3 Å². The van der Waals surface area contributed by atoms with Crippen molar-refractivity contribution in [2.75, 3.05) is 0 Å². The van der Waals surface area contributed by atoms with Gasteiger partial charge in [-0.3, -0.25) is 0 Å². The second kappa shape index (κ2) is 9.93. The first-order valence-electron chi connectivity index (χ1n) is 8.83. The van der Waals surface area contributed by atoms with Crippen LogP contribution in [0.1, 0.15) is 55.9 Å². The highest BCUT2D eigenvalue weighted by molar-refractivity contribution is 5.29. The van der Waals surface area contributed by atoms with Crippen molar-refractivity contribution in [3.05, 3.63) is 82.9 Å². The summed E-state index contributed by atoms with van der Waals surface area (Å²) >= 11 is 0. The quantitative estimate of drug-likeness (QED) is 0.586. The second-order valence-electron chi connectivity index (χ2n) is 6.29. The van der Waals surface area contributed by atoms with E-state index in [0.29, 0.717) is 12.0 Å². The van der Waals surface area contributed by atoms with Crippen molar-refractivity contribution in [2.24, 2.45) is 0 Å². The molecule has 0 saturated carbocycles. The molecule has 0 aliphatic rings. The number of aliphatic hydroxyl groups is 2. The van der Waals surface area contributed by atoms with Gasteiger partial charge in [0.15, 0.2) is 11.6 Å². The Morgan fingerprint density at radius 1 is 1.08 bits per heavy atom. The highest BCUT2D eigenvalue weighted by atomic mass is 19.1. The van der Waals surface area contributed by atoms with E-state index in [1.807, 2.05) is 30.3 Å². The Kier molecular flexibility index (Phi) is 7.61. The second-order valence-corrected chi connectivity index (χ2v) is 6.29. The van der Waals surface area contributed by atoms with Crippen molar-refractivity contribution in [1.29, 1.82) is 0 Å². The van der Waals surface area contributed by atoms with Gasteiger partial charge in [0.1, 0.15) is 0 Å². The number of phenols is 1. The van der Waals surface area contributed by atoms with E-state index >= 15 is 0 Å². The number of benzene rings is 2. The lowest BCUT2D eigenvalue weighted by Gasteiger charge is -2.12. The van der Waals surface area contributed by atoms with Gasteiger partial charge < -0.3 is 15.3 Å². The molecular formula is C22H25FO3. The molecule has 138 valence electrons. The van der Waals surface area contributed by atoms with E-state index in [4.69, 9.17) is 0 Å². The maximum Gasteiger partial charge on any atom is 0.165 e. The van der Waals surface area contributed by atoms with Crippen LogP contribution in [0.3, 0.4) is 0 Å². The Balaban J connectivity index is 2.05. The zero-order valence-corrected chi connectivity index (χ0v) is 14.9. The summed E-state index contributed by atoms with van der Waals surface area (Å²) in [7, 11) is 0. The van der Waals surface area contributed by atoms with Gasteiger partial charge in [0, 0.05) is 12.8 Å². The zero-order valence-electron chi connectivity index (χ0n) is 14.9. The summed E-state index contributed by atoms with van der Waals surface area (Å²) in [5.74, 6) is -1.18. The number of rotatable bonds is 8. The van der Waals surface area contributed by atoms with Crippen LogP contribution >= 0.6 is 0 Å². The molecule has 0 aliphatic carbocycles. The molecule has 0 unspecified atom stereocenters. The van der Waals surface area contributed by atoms with Gasteiger partial charge in [0.2, 0.25) is 0 Å². The maximum absolute atomic E-state index is 13.4. The molecule has 26 heavy (non-hydrogen) atoms. The number of hydrogen-bond donors (Lipinski definition) is 3. The Hall–Kier alpha value is -2.39. The number of aromatic hydroxyl groups is 1. The fraction of sp³-hybridized carbons (Fsp3) is 0.318. The van der Waals surface area contributed by atoms with E-state index in [0.717, 1.165) is 30.0 Å². The van der Waals surface area contributed by atoms with Gasteiger partial charge in [-0.1, -0.05) is 49.7 Å². The van der Waals surface area contributed by atoms with Crippen molar-refractivity contribution in [2.45, 2.75) is 44.8 Å². The van der Waals surface area contributed by atoms with E-state index in [-0.39, 0.29) is 6.42 Å². The molecule has 0 aromatic heterocycles. The van der Waals surface area contributed by atoms with Crippen LogP contribution in [0.15, 0.2) is 65.9 Å². The molecule has 0 saturated heterocycles. The van der Waals surface area contributed by atoms with Gasteiger partial charge >= 0.3 is 0 Å². The van der Waals surface area contributed by atoms with Gasteiger partial charge in [-0.25, -0.2) is 4.39 Å². The standard InChI is InChI=1S/C22H25FO3/c1-2-7-16(14-22(26)17-9-4-3-5-10-17)8-6-11-20(24)18-12-13-21(25)19(23)15-18/h3-6,9-10,12-13,15,20,22,24-26H,2,7,11,14H2,1H3/t8?,20-,22-/m1/s1. The van der Waals surface area contributed by atoms with Crippen molar-refractivity contribution < 1.29 is 19.7 Å². The van der Waals surface area contributed by atoms with Gasteiger partial charge in [0.25, 0.3) is 0 Å².